The Kier molecular flexibility index (Phi) is 8.61. The number of rotatable bonds is 7. The maximum atomic E-state index is 15.8. The molecule has 0 unspecified atom stereocenters. The van der Waals surface area contributed by atoms with Gasteiger partial charge in [-0.3, -0.25) is 9.59 Å². The summed E-state index contributed by atoms with van der Waals surface area (Å²) in [5.41, 5.74) is 4.33. The normalized spacial score (nSPS) is 19.0. The van der Waals surface area contributed by atoms with Gasteiger partial charge < -0.3 is 23.9 Å². The summed E-state index contributed by atoms with van der Waals surface area (Å²) in [5.74, 6) is 0.203. The number of carbonyl (C=O) groups is 1. The summed E-state index contributed by atoms with van der Waals surface area (Å²) in [4.78, 5) is 28.0. The van der Waals surface area contributed by atoms with Crippen molar-refractivity contribution >= 4 is 41.4 Å². The molecule has 48 heavy (non-hydrogen) atoms. The fourth-order valence-corrected chi connectivity index (χ4v) is 6.76. The Morgan fingerprint density at radius 2 is 1.62 bits per heavy atom. The molecule has 0 bridgehead atoms. The molecule has 252 valence electrons. The van der Waals surface area contributed by atoms with Gasteiger partial charge in [0, 0.05) is 35.5 Å². The number of benzene rings is 3. The molecule has 7 nitrogen and oxygen atoms in total. The third kappa shape index (κ3) is 6.07. The standard InChI is InChI=1S/C39H46BFN2O5/c1-23-19-28(35-29(20-23)34(45)24(2)36(46-35)43-17-15-37(4,5)16-18-43)25(3)42-32-12-10-11-31(41)33(32)26-13-14-27(22-44)30(21-26)40-47-38(6,7)39(8,9)48-40/h10-14,19-22,25,42H,15-18H2,1-9H3/t25-/m0/s1. The SMILES string of the molecule is Cc1cc([C@H](C)Nc2cccc(F)c2-c2ccc(C=O)c(B3OC(C)(C)C(C)(C)O3)c2)c2oc(N3CCC(C)(C)CC3)c(C)c(=O)c2c1. The molecule has 9 heteroatoms. The molecule has 2 aliphatic rings. The van der Waals surface area contributed by atoms with Crippen molar-refractivity contribution < 1.29 is 22.9 Å². The third-order valence-electron chi connectivity index (χ3n) is 10.6. The van der Waals surface area contributed by atoms with Gasteiger partial charge in [-0.1, -0.05) is 44.2 Å². The number of halogens is 1. The third-order valence-corrected chi connectivity index (χ3v) is 10.6. The first-order valence-electron chi connectivity index (χ1n) is 16.8. The first-order chi connectivity index (χ1) is 22.5. The maximum Gasteiger partial charge on any atom is 0.495 e. The highest BCUT2D eigenvalue weighted by molar-refractivity contribution is 6.63. The highest BCUT2D eigenvalue weighted by atomic mass is 19.1. The summed E-state index contributed by atoms with van der Waals surface area (Å²) in [6.45, 7) is 19.8. The lowest BCUT2D eigenvalue weighted by molar-refractivity contribution is 0.00578. The lowest BCUT2D eigenvalue weighted by Gasteiger charge is -2.37. The quantitative estimate of drug-likeness (QED) is 0.160. The van der Waals surface area contributed by atoms with E-state index in [4.69, 9.17) is 13.7 Å². The van der Waals surface area contributed by atoms with Crippen LogP contribution in [0.4, 0.5) is 16.0 Å². The molecule has 2 saturated heterocycles. The van der Waals surface area contributed by atoms with Gasteiger partial charge in [-0.05, 0) is 102 Å². The Labute approximate surface area is 283 Å². The summed E-state index contributed by atoms with van der Waals surface area (Å²) in [6, 6.07) is 13.7. The molecule has 1 N–H and O–H groups in total. The van der Waals surface area contributed by atoms with Crippen molar-refractivity contribution in [2.45, 2.75) is 92.4 Å². The van der Waals surface area contributed by atoms with Crippen LogP contribution in [0.5, 0.6) is 0 Å². The number of aldehydes is 1. The Hall–Kier alpha value is -3.95. The molecule has 1 aromatic heterocycles. The van der Waals surface area contributed by atoms with Crippen molar-refractivity contribution in [1.29, 1.82) is 0 Å². The van der Waals surface area contributed by atoms with Crippen LogP contribution in [0.3, 0.4) is 0 Å². The van der Waals surface area contributed by atoms with Gasteiger partial charge >= 0.3 is 7.12 Å². The van der Waals surface area contributed by atoms with E-state index in [1.807, 2.05) is 66.7 Å². The van der Waals surface area contributed by atoms with Crippen LogP contribution in [0.15, 0.2) is 57.7 Å². The van der Waals surface area contributed by atoms with E-state index in [9.17, 15) is 9.59 Å². The zero-order valence-electron chi connectivity index (χ0n) is 29.5. The largest absolute Gasteiger partial charge is 0.495 e. The summed E-state index contributed by atoms with van der Waals surface area (Å²) >= 11 is 0. The second kappa shape index (κ2) is 12.2. The molecule has 3 heterocycles. The van der Waals surface area contributed by atoms with Crippen LogP contribution in [0.1, 0.15) is 94.4 Å². The Balaban J connectivity index is 1.40. The molecule has 1 atom stereocenters. The number of fused-ring (bicyclic) bond motifs is 1. The number of hydrogen-bond donors (Lipinski definition) is 1. The molecule has 2 fully saturated rings. The van der Waals surface area contributed by atoms with Crippen LogP contribution in [0.25, 0.3) is 22.1 Å². The van der Waals surface area contributed by atoms with Crippen LogP contribution in [-0.4, -0.2) is 37.7 Å². The first-order valence-corrected chi connectivity index (χ1v) is 16.8. The van der Waals surface area contributed by atoms with E-state index in [1.165, 1.54) is 6.07 Å². The molecule has 0 aliphatic carbocycles. The monoisotopic (exact) mass is 652 g/mol. The summed E-state index contributed by atoms with van der Waals surface area (Å²) in [7, 11) is -0.789. The van der Waals surface area contributed by atoms with E-state index in [2.05, 4.69) is 24.1 Å². The van der Waals surface area contributed by atoms with Crippen molar-refractivity contribution in [2.24, 2.45) is 5.41 Å². The van der Waals surface area contributed by atoms with Crippen LogP contribution in [0.2, 0.25) is 0 Å². The molecule has 6 rings (SSSR count). The number of aryl methyl sites for hydroxylation is 1. The highest BCUT2D eigenvalue weighted by Crippen LogP contribution is 2.39. The van der Waals surface area contributed by atoms with Crippen molar-refractivity contribution in [3.05, 3.63) is 86.8 Å². The average molecular weight is 653 g/mol. The molecule has 0 saturated carbocycles. The average Bonchev–Trinajstić information content (AvgIpc) is 3.24. The zero-order chi connectivity index (χ0) is 34.8. The van der Waals surface area contributed by atoms with Crippen LogP contribution in [-0.2, 0) is 9.31 Å². The minimum absolute atomic E-state index is 0.0369. The van der Waals surface area contributed by atoms with Crippen LogP contribution < -0.4 is 21.1 Å². The van der Waals surface area contributed by atoms with E-state index >= 15 is 4.39 Å². The molecule has 2 aliphatic heterocycles. The zero-order valence-corrected chi connectivity index (χ0v) is 29.5. The minimum atomic E-state index is -0.789. The van der Waals surface area contributed by atoms with Crippen molar-refractivity contribution in [3.8, 4) is 11.1 Å². The smallest absolute Gasteiger partial charge is 0.440 e. The van der Waals surface area contributed by atoms with Gasteiger partial charge in [0.1, 0.15) is 17.7 Å². The first kappa shape index (κ1) is 33.9. The Bertz CT molecular complexity index is 1940. The summed E-state index contributed by atoms with van der Waals surface area (Å²) in [6.07, 6.45) is 2.79. The molecule has 3 aromatic carbocycles. The molecule has 4 aromatic rings. The Morgan fingerprint density at radius 3 is 2.27 bits per heavy atom. The van der Waals surface area contributed by atoms with Crippen molar-refractivity contribution in [1.82, 2.24) is 0 Å². The highest BCUT2D eigenvalue weighted by Gasteiger charge is 2.52. The maximum absolute atomic E-state index is 15.8. The minimum Gasteiger partial charge on any atom is -0.440 e. The second-order valence-electron chi connectivity index (χ2n) is 15.3. The molecule has 0 amide bonds. The van der Waals surface area contributed by atoms with Gasteiger partial charge in [0.05, 0.1) is 28.2 Å². The molecular formula is C39H46BFN2O5. The van der Waals surface area contributed by atoms with Crippen LogP contribution in [0, 0.1) is 25.1 Å². The fraction of sp³-hybridized carbons (Fsp3) is 0.436. The molecular weight excluding hydrogens is 606 g/mol. The van der Waals surface area contributed by atoms with E-state index in [-0.39, 0.29) is 16.9 Å². The summed E-state index contributed by atoms with van der Waals surface area (Å²) in [5, 5.41) is 4.06. The van der Waals surface area contributed by atoms with Crippen molar-refractivity contribution in [3.63, 3.8) is 0 Å². The van der Waals surface area contributed by atoms with Gasteiger partial charge in [-0.25, -0.2) is 4.39 Å². The number of hydrogen-bond acceptors (Lipinski definition) is 7. The van der Waals surface area contributed by atoms with Crippen LogP contribution >= 0.6 is 0 Å². The molecule has 0 spiro atoms. The second-order valence-corrected chi connectivity index (χ2v) is 15.3. The van der Waals surface area contributed by atoms with Gasteiger partial charge in [-0.2, -0.15) is 0 Å². The van der Waals surface area contributed by atoms with Crippen molar-refractivity contribution in [2.75, 3.05) is 23.3 Å². The Morgan fingerprint density at radius 1 is 0.958 bits per heavy atom. The number of carbonyl (C=O) groups excluding carboxylic acids is 1. The lowest BCUT2D eigenvalue weighted by Crippen LogP contribution is -2.41. The molecule has 0 radical (unpaired) electrons. The van der Waals surface area contributed by atoms with E-state index in [0.717, 1.165) is 43.3 Å². The van der Waals surface area contributed by atoms with Gasteiger partial charge in [0.25, 0.3) is 0 Å². The number of nitrogens with one attached hydrogen (secondary N) is 1. The predicted molar refractivity (Wildman–Crippen MR) is 192 cm³/mol. The predicted octanol–water partition coefficient (Wildman–Crippen LogP) is 8.13. The lowest BCUT2D eigenvalue weighted by atomic mass is 9.75. The number of piperidine rings is 1. The number of anilines is 2. The van der Waals surface area contributed by atoms with Gasteiger partial charge in [0.15, 0.2) is 5.43 Å². The van der Waals surface area contributed by atoms with Gasteiger partial charge in [0.2, 0.25) is 5.88 Å². The fourth-order valence-electron chi connectivity index (χ4n) is 6.76. The summed E-state index contributed by atoms with van der Waals surface area (Å²) < 4.78 is 35.0. The van der Waals surface area contributed by atoms with E-state index < -0.39 is 24.1 Å². The van der Waals surface area contributed by atoms with E-state index in [1.54, 1.807) is 24.3 Å². The topological polar surface area (TPSA) is 81.0 Å². The van der Waals surface area contributed by atoms with Gasteiger partial charge in [-0.15, -0.1) is 0 Å². The van der Waals surface area contributed by atoms with E-state index in [0.29, 0.717) is 50.3 Å². The number of nitrogens with zero attached hydrogens (tertiary/aromatic N) is 1.